The van der Waals surface area contributed by atoms with Crippen molar-refractivity contribution >= 4 is 17.2 Å². The molecule has 0 N–H and O–H groups in total. The number of hydrogen-bond acceptors (Lipinski definition) is 4. The van der Waals surface area contributed by atoms with Crippen LogP contribution in [0.3, 0.4) is 0 Å². The van der Waals surface area contributed by atoms with Gasteiger partial charge < -0.3 is 9.53 Å². The number of carbonyl (C=O) groups is 1. The maximum absolute atomic E-state index is 12.1. The van der Waals surface area contributed by atoms with E-state index in [1.165, 1.54) is 6.42 Å². The predicted octanol–water partition coefficient (Wildman–Crippen LogP) is 3.17. The summed E-state index contributed by atoms with van der Waals surface area (Å²) in [6.45, 7) is 5.11. The van der Waals surface area contributed by atoms with Gasteiger partial charge in [0, 0.05) is 29.7 Å². The summed E-state index contributed by atoms with van der Waals surface area (Å²) in [6.07, 6.45) is 7.41. The van der Waals surface area contributed by atoms with E-state index in [0.29, 0.717) is 23.4 Å². The van der Waals surface area contributed by atoms with Crippen LogP contribution in [0.2, 0.25) is 0 Å². The van der Waals surface area contributed by atoms with Crippen LogP contribution >= 0.6 is 0 Å². The Morgan fingerprint density at radius 2 is 2.32 bits per heavy atom. The highest BCUT2D eigenvalue weighted by atomic mass is 16.5. The molecule has 0 bridgehead atoms. The highest BCUT2D eigenvalue weighted by Crippen LogP contribution is 2.70. The third kappa shape index (κ3) is 1.81. The molecule has 5 atom stereocenters. The molecule has 1 saturated carbocycles. The van der Waals surface area contributed by atoms with Crippen LogP contribution in [0.4, 0.5) is 0 Å². The minimum atomic E-state index is -0.118. The Bertz CT molecular complexity index is 879. The van der Waals surface area contributed by atoms with Crippen molar-refractivity contribution in [1.82, 2.24) is 9.88 Å². The SMILES string of the molecule is C=CC1C2CC([C@@H](C=O)c3ccnc4ccc(OC)cc34)N3CC[C@@]123. The fraction of sp³-hybridized carbons (Fsp3) is 0.429. The number of methoxy groups -OCH3 is 1. The number of aldehydes is 1. The van der Waals surface area contributed by atoms with Gasteiger partial charge in [-0.05, 0) is 54.5 Å². The molecule has 128 valence electrons. The van der Waals surface area contributed by atoms with Gasteiger partial charge in [-0.1, -0.05) is 6.08 Å². The summed E-state index contributed by atoms with van der Waals surface area (Å²) in [5, 5.41) is 1.02. The Kier molecular flexibility index (Phi) is 3.11. The van der Waals surface area contributed by atoms with Crippen LogP contribution in [0.5, 0.6) is 5.75 Å². The maximum Gasteiger partial charge on any atom is 0.129 e. The molecule has 3 fully saturated rings. The minimum absolute atomic E-state index is 0.118. The lowest BCUT2D eigenvalue weighted by Gasteiger charge is -2.46. The maximum atomic E-state index is 12.1. The zero-order valence-corrected chi connectivity index (χ0v) is 14.4. The Balaban J connectivity index is 1.55. The van der Waals surface area contributed by atoms with Crippen LogP contribution in [0.1, 0.15) is 24.3 Å². The monoisotopic (exact) mass is 334 g/mol. The van der Waals surface area contributed by atoms with E-state index in [2.05, 4.69) is 22.5 Å². The van der Waals surface area contributed by atoms with Crippen molar-refractivity contribution in [2.45, 2.75) is 30.3 Å². The number of pyridine rings is 1. The zero-order valence-electron chi connectivity index (χ0n) is 14.4. The third-order valence-corrected chi connectivity index (χ3v) is 6.88. The van der Waals surface area contributed by atoms with Crippen LogP contribution in [0, 0.1) is 11.8 Å². The van der Waals surface area contributed by atoms with Crippen molar-refractivity contribution in [3.8, 4) is 5.75 Å². The Morgan fingerprint density at radius 1 is 1.44 bits per heavy atom. The largest absolute Gasteiger partial charge is 0.497 e. The smallest absolute Gasteiger partial charge is 0.129 e. The fourth-order valence-electron chi connectivity index (χ4n) is 5.65. The number of carbonyl (C=O) groups excluding carboxylic acids is 1. The summed E-state index contributed by atoms with van der Waals surface area (Å²) in [5.41, 5.74) is 2.31. The fourth-order valence-corrected chi connectivity index (χ4v) is 5.65. The zero-order chi connectivity index (χ0) is 17.2. The van der Waals surface area contributed by atoms with Gasteiger partial charge in [-0.15, -0.1) is 6.58 Å². The average Bonchev–Trinajstić information content (AvgIpc) is 3.24. The lowest BCUT2D eigenvalue weighted by Crippen LogP contribution is -2.55. The highest BCUT2D eigenvalue weighted by Gasteiger charge is 2.76. The van der Waals surface area contributed by atoms with Gasteiger partial charge in [0.15, 0.2) is 0 Å². The molecule has 2 aromatic rings. The summed E-state index contributed by atoms with van der Waals surface area (Å²) < 4.78 is 5.38. The first-order chi connectivity index (χ1) is 12.2. The van der Waals surface area contributed by atoms with Gasteiger partial charge in [-0.25, -0.2) is 0 Å². The van der Waals surface area contributed by atoms with E-state index in [-0.39, 0.29) is 5.92 Å². The Morgan fingerprint density at radius 3 is 2.96 bits per heavy atom. The molecule has 0 radical (unpaired) electrons. The number of nitrogens with zero attached hydrogens (tertiary/aromatic N) is 2. The third-order valence-electron chi connectivity index (χ3n) is 6.88. The van der Waals surface area contributed by atoms with E-state index >= 15 is 0 Å². The first kappa shape index (κ1) is 15.1. The molecule has 2 saturated heterocycles. The molecule has 3 heterocycles. The van der Waals surface area contributed by atoms with Gasteiger partial charge >= 0.3 is 0 Å². The van der Waals surface area contributed by atoms with Gasteiger partial charge in [-0.2, -0.15) is 0 Å². The normalized spacial score (nSPS) is 33.9. The second-order valence-corrected chi connectivity index (χ2v) is 7.55. The van der Waals surface area contributed by atoms with E-state index in [9.17, 15) is 4.79 Å². The van der Waals surface area contributed by atoms with Crippen LogP contribution in [0.25, 0.3) is 10.9 Å². The Labute approximate surface area is 147 Å². The molecule has 0 amide bonds. The first-order valence-corrected chi connectivity index (χ1v) is 9.02. The van der Waals surface area contributed by atoms with E-state index in [1.807, 2.05) is 30.5 Å². The first-order valence-electron chi connectivity index (χ1n) is 9.02. The molecule has 1 spiro atoms. The van der Waals surface area contributed by atoms with E-state index in [4.69, 9.17) is 4.74 Å². The molecule has 4 nitrogen and oxygen atoms in total. The highest BCUT2D eigenvalue weighted by molar-refractivity contribution is 5.87. The second kappa shape index (κ2) is 5.15. The molecule has 4 heteroatoms. The minimum Gasteiger partial charge on any atom is -0.497 e. The van der Waals surface area contributed by atoms with Crippen molar-refractivity contribution in [2.75, 3.05) is 13.7 Å². The summed E-state index contributed by atoms with van der Waals surface area (Å²) in [4.78, 5) is 19.2. The molecular formula is C21H22N2O2. The van der Waals surface area contributed by atoms with Crippen LogP contribution in [-0.4, -0.2) is 41.4 Å². The summed E-state index contributed by atoms with van der Waals surface area (Å²) in [7, 11) is 1.66. The average molecular weight is 334 g/mol. The summed E-state index contributed by atoms with van der Waals surface area (Å²) in [6, 6.07) is 8.18. The molecule has 3 unspecified atom stereocenters. The number of hydrogen-bond donors (Lipinski definition) is 0. The predicted molar refractivity (Wildman–Crippen MR) is 96.7 cm³/mol. The molecule has 5 rings (SSSR count). The summed E-state index contributed by atoms with van der Waals surface area (Å²) in [5.74, 6) is 1.99. The van der Waals surface area contributed by atoms with E-state index in [0.717, 1.165) is 41.5 Å². The van der Waals surface area contributed by atoms with Crippen molar-refractivity contribution in [1.29, 1.82) is 0 Å². The van der Waals surface area contributed by atoms with Gasteiger partial charge in [0.1, 0.15) is 12.0 Å². The lowest BCUT2D eigenvalue weighted by atomic mass is 9.85. The van der Waals surface area contributed by atoms with Crippen molar-refractivity contribution in [2.24, 2.45) is 11.8 Å². The number of rotatable bonds is 5. The number of benzene rings is 1. The lowest BCUT2D eigenvalue weighted by molar-refractivity contribution is -0.111. The van der Waals surface area contributed by atoms with Crippen LogP contribution in [-0.2, 0) is 4.79 Å². The van der Waals surface area contributed by atoms with Gasteiger partial charge in [0.25, 0.3) is 0 Å². The quantitative estimate of drug-likeness (QED) is 0.622. The van der Waals surface area contributed by atoms with Crippen molar-refractivity contribution in [3.63, 3.8) is 0 Å². The van der Waals surface area contributed by atoms with Crippen molar-refractivity contribution < 1.29 is 9.53 Å². The standard InChI is InChI=1S/C21H22N2O2/c1-3-17-18-11-20(23-9-7-21(17,18)23)16(12-24)14-6-8-22-19-5-4-13(25-2)10-15(14)19/h3-6,8,10,12,16-18,20H,1,7,9,11H2,2H3/t16-,17?,18?,20?,21+/m0/s1. The second-order valence-electron chi connectivity index (χ2n) is 7.55. The molecule has 1 aromatic heterocycles. The number of fused-ring (bicyclic) bond motifs is 1. The number of ether oxygens (including phenoxy) is 1. The number of piperidine rings is 1. The molecule has 2 aliphatic heterocycles. The van der Waals surface area contributed by atoms with Crippen LogP contribution < -0.4 is 4.74 Å². The van der Waals surface area contributed by atoms with E-state index < -0.39 is 0 Å². The van der Waals surface area contributed by atoms with Crippen molar-refractivity contribution in [3.05, 3.63) is 48.7 Å². The Hall–Kier alpha value is -2.20. The van der Waals surface area contributed by atoms with Crippen LogP contribution in [0.15, 0.2) is 43.1 Å². The molecule has 3 aliphatic rings. The molecule has 1 aromatic carbocycles. The topological polar surface area (TPSA) is 42.4 Å². The molecule has 25 heavy (non-hydrogen) atoms. The van der Waals surface area contributed by atoms with Gasteiger partial charge in [0.2, 0.25) is 0 Å². The van der Waals surface area contributed by atoms with E-state index in [1.54, 1.807) is 7.11 Å². The van der Waals surface area contributed by atoms with Gasteiger partial charge in [-0.3, -0.25) is 9.88 Å². The number of aromatic nitrogens is 1. The molecule has 1 aliphatic carbocycles. The molecular weight excluding hydrogens is 312 g/mol. The van der Waals surface area contributed by atoms with Gasteiger partial charge in [0.05, 0.1) is 18.5 Å². The summed E-state index contributed by atoms with van der Waals surface area (Å²) >= 11 is 0.